The summed E-state index contributed by atoms with van der Waals surface area (Å²) >= 11 is 4.86. The third-order valence-electron chi connectivity index (χ3n) is 1.74. The van der Waals surface area contributed by atoms with E-state index in [4.69, 9.17) is 4.74 Å². The van der Waals surface area contributed by atoms with Crippen LogP contribution in [0.25, 0.3) is 0 Å². The van der Waals surface area contributed by atoms with E-state index in [0.717, 1.165) is 10.8 Å². The second-order valence-corrected chi connectivity index (χ2v) is 4.71. The van der Waals surface area contributed by atoms with Gasteiger partial charge < -0.3 is 9.30 Å². The molecule has 1 heterocycles. The van der Waals surface area contributed by atoms with Crippen LogP contribution in [0, 0.1) is 0 Å². The number of hydrogen-bond donors (Lipinski definition) is 0. The summed E-state index contributed by atoms with van der Waals surface area (Å²) in [5, 5.41) is 0.836. The highest BCUT2D eigenvalue weighted by Gasteiger charge is 2.20. The van der Waals surface area contributed by atoms with Gasteiger partial charge in [0.2, 0.25) is 0 Å². The van der Waals surface area contributed by atoms with Crippen molar-refractivity contribution in [3.63, 3.8) is 0 Å². The number of ether oxygens (including phenoxy) is 1. The standard InChI is InChI=1S/C9H13BrN2O2S/c1-4-14-8(13)6-7(15-5-2)12(3)9(10)11-6/h4-5H2,1-3H3. The maximum absolute atomic E-state index is 11.6. The molecular formula is C9H13BrN2O2S. The van der Waals surface area contributed by atoms with E-state index < -0.39 is 0 Å². The lowest BCUT2D eigenvalue weighted by atomic mass is 10.5. The Bertz CT molecular complexity index is 365. The van der Waals surface area contributed by atoms with Crippen molar-refractivity contribution in [2.75, 3.05) is 12.4 Å². The van der Waals surface area contributed by atoms with E-state index in [1.807, 2.05) is 18.5 Å². The number of esters is 1. The normalized spacial score (nSPS) is 10.4. The van der Waals surface area contributed by atoms with Crippen molar-refractivity contribution >= 4 is 33.7 Å². The number of carbonyl (C=O) groups is 1. The second kappa shape index (κ2) is 5.55. The summed E-state index contributed by atoms with van der Waals surface area (Å²) in [5.41, 5.74) is 0.387. The molecule has 0 N–H and O–H groups in total. The Kier molecular flexibility index (Phi) is 4.66. The Morgan fingerprint density at radius 3 is 2.80 bits per heavy atom. The molecule has 0 saturated carbocycles. The molecule has 0 bridgehead atoms. The summed E-state index contributed by atoms with van der Waals surface area (Å²) in [6.45, 7) is 4.17. The smallest absolute Gasteiger partial charge is 0.359 e. The van der Waals surface area contributed by atoms with Gasteiger partial charge in [-0.15, -0.1) is 11.8 Å². The van der Waals surface area contributed by atoms with Gasteiger partial charge in [-0.1, -0.05) is 6.92 Å². The SMILES string of the molecule is CCOC(=O)c1nc(Br)n(C)c1SCC. The first kappa shape index (κ1) is 12.6. The molecule has 0 fully saturated rings. The van der Waals surface area contributed by atoms with Gasteiger partial charge >= 0.3 is 5.97 Å². The summed E-state index contributed by atoms with van der Waals surface area (Å²) in [5.74, 6) is 0.521. The summed E-state index contributed by atoms with van der Waals surface area (Å²) < 4.78 is 7.41. The van der Waals surface area contributed by atoms with Crippen LogP contribution in [0.4, 0.5) is 0 Å². The fourth-order valence-electron chi connectivity index (χ4n) is 1.09. The van der Waals surface area contributed by atoms with Crippen LogP contribution in [0.15, 0.2) is 9.76 Å². The minimum absolute atomic E-state index is 0.364. The van der Waals surface area contributed by atoms with Gasteiger partial charge in [-0.25, -0.2) is 9.78 Å². The minimum Gasteiger partial charge on any atom is -0.461 e. The molecule has 0 aliphatic heterocycles. The molecule has 1 aromatic heterocycles. The van der Waals surface area contributed by atoms with Gasteiger partial charge in [0.25, 0.3) is 0 Å². The van der Waals surface area contributed by atoms with E-state index in [2.05, 4.69) is 20.9 Å². The predicted molar refractivity (Wildman–Crippen MR) is 63.3 cm³/mol. The molecule has 4 nitrogen and oxygen atoms in total. The number of nitrogens with zero attached hydrogens (tertiary/aromatic N) is 2. The fraction of sp³-hybridized carbons (Fsp3) is 0.556. The summed E-state index contributed by atoms with van der Waals surface area (Å²) in [7, 11) is 1.86. The molecule has 6 heteroatoms. The third-order valence-corrected chi connectivity index (χ3v) is 3.48. The number of thioether (sulfide) groups is 1. The Morgan fingerprint density at radius 2 is 2.27 bits per heavy atom. The predicted octanol–water partition coefficient (Wildman–Crippen LogP) is 2.47. The number of imidazole rings is 1. The molecule has 0 aliphatic rings. The van der Waals surface area contributed by atoms with E-state index in [1.54, 1.807) is 18.7 Å². The molecular weight excluding hydrogens is 280 g/mol. The van der Waals surface area contributed by atoms with Gasteiger partial charge in [-0.2, -0.15) is 0 Å². The zero-order valence-electron chi connectivity index (χ0n) is 8.91. The highest BCUT2D eigenvalue weighted by atomic mass is 79.9. The molecule has 1 rings (SSSR count). The van der Waals surface area contributed by atoms with Crippen LogP contribution in [0.5, 0.6) is 0 Å². The fourth-order valence-corrected chi connectivity index (χ4v) is 2.38. The maximum Gasteiger partial charge on any atom is 0.359 e. The van der Waals surface area contributed by atoms with E-state index in [-0.39, 0.29) is 5.97 Å². The molecule has 0 spiro atoms. The maximum atomic E-state index is 11.6. The van der Waals surface area contributed by atoms with Crippen LogP contribution in [-0.2, 0) is 11.8 Å². The molecule has 0 aliphatic carbocycles. The van der Waals surface area contributed by atoms with Crippen LogP contribution in [0.2, 0.25) is 0 Å². The zero-order chi connectivity index (χ0) is 11.4. The summed E-state index contributed by atoms with van der Waals surface area (Å²) in [6.07, 6.45) is 0. The molecule has 0 saturated heterocycles. The van der Waals surface area contributed by atoms with Crippen molar-refractivity contribution in [3.8, 4) is 0 Å². The first-order chi connectivity index (χ1) is 7.11. The number of aromatic nitrogens is 2. The first-order valence-corrected chi connectivity index (χ1v) is 6.41. The second-order valence-electron chi connectivity index (χ2n) is 2.75. The van der Waals surface area contributed by atoms with Crippen molar-refractivity contribution in [1.29, 1.82) is 0 Å². The van der Waals surface area contributed by atoms with Crippen LogP contribution in [0.3, 0.4) is 0 Å². The topological polar surface area (TPSA) is 44.1 Å². The molecule has 0 unspecified atom stereocenters. The quantitative estimate of drug-likeness (QED) is 0.632. The summed E-state index contributed by atoms with van der Waals surface area (Å²) in [4.78, 5) is 15.7. The molecule has 0 radical (unpaired) electrons. The molecule has 15 heavy (non-hydrogen) atoms. The molecule has 1 aromatic rings. The number of hydrogen-bond acceptors (Lipinski definition) is 4. The van der Waals surface area contributed by atoms with Crippen LogP contribution in [-0.4, -0.2) is 27.9 Å². The van der Waals surface area contributed by atoms with Gasteiger partial charge in [0, 0.05) is 7.05 Å². The highest BCUT2D eigenvalue weighted by molar-refractivity contribution is 9.10. The van der Waals surface area contributed by atoms with E-state index in [0.29, 0.717) is 17.0 Å². The van der Waals surface area contributed by atoms with Gasteiger partial charge in [0.15, 0.2) is 10.4 Å². The van der Waals surface area contributed by atoms with Crippen molar-refractivity contribution < 1.29 is 9.53 Å². The largest absolute Gasteiger partial charge is 0.461 e. The lowest BCUT2D eigenvalue weighted by Crippen LogP contribution is -2.07. The Labute approximate surface area is 102 Å². The first-order valence-electron chi connectivity index (χ1n) is 4.63. The van der Waals surface area contributed by atoms with Crippen LogP contribution >= 0.6 is 27.7 Å². The zero-order valence-corrected chi connectivity index (χ0v) is 11.3. The molecule has 0 atom stereocenters. The van der Waals surface area contributed by atoms with Gasteiger partial charge in [-0.05, 0) is 28.6 Å². The minimum atomic E-state index is -0.366. The lowest BCUT2D eigenvalue weighted by Gasteiger charge is -2.03. The summed E-state index contributed by atoms with van der Waals surface area (Å²) in [6, 6.07) is 0. The Hall–Kier alpha value is -0.490. The van der Waals surface area contributed by atoms with Crippen molar-refractivity contribution in [3.05, 3.63) is 10.4 Å². The van der Waals surface area contributed by atoms with E-state index in [1.165, 1.54) is 0 Å². The van der Waals surface area contributed by atoms with E-state index in [9.17, 15) is 4.79 Å². The molecule has 0 aromatic carbocycles. The van der Waals surface area contributed by atoms with Crippen molar-refractivity contribution in [1.82, 2.24) is 9.55 Å². The number of carbonyl (C=O) groups excluding carboxylic acids is 1. The number of halogens is 1. The average Bonchev–Trinajstić information content (AvgIpc) is 2.47. The Balaban J connectivity index is 3.05. The molecule has 84 valence electrons. The van der Waals surface area contributed by atoms with Crippen LogP contribution < -0.4 is 0 Å². The molecule has 0 amide bonds. The third kappa shape index (κ3) is 2.75. The van der Waals surface area contributed by atoms with Gasteiger partial charge in [0.05, 0.1) is 6.61 Å². The van der Waals surface area contributed by atoms with E-state index >= 15 is 0 Å². The number of rotatable bonds is 4. The van der Waals surface area contributed by atoms with Crippen molar-refractivity contribution in [2.45, 2.75) is 18.9 Å². The Morgan fingerprint density at radius 1 is 1.60 bits per heavy atom. The van der Waals surface area contributed by atoms with Crippen molar-refractivity contribution in [2.24, 2.45) is 7.05 Å². The monoisotopic (exact) mass is 292 g/mol. The van der Waals surface area contributed by atoms with Gasteiger partial charge in [-0.3, -0.25) is 0 Å². The van der Waals surface area contributed by atoms with Gasteiger partial charge in [0.1, 0.15) is 5.03 Å². The van der Waals surface area contributed by atoms with Crippen LogP contribution in [0.1, 0.15) is 24.3 Å². The lowest BCUT2D eigenvalue weighted by molar-refractivity contribution is 0.0515. The average molecular weight is 293 g/mol. The highest BCUT2D eigenvalue weighted by Crippen LogP contribution is 2.26.